The molecule has 0 bridgehead atoms. The molecule has 0 atom stereocenters. The highest BCUT2D eigenvalue weighted by atomic mass is 32.1. The number of halogens is 3. The third-order valence-electron chi connectivity index (χ3n) is 4.58. The molecule has 1 fully saturated rings. The zero-order valence-corrected chi connectivity index (χ0v) is 14.9. The van der Waals surface area contributed by atoms with Crippen LogP contribution in [0.3, 0.4) is 0 Å². The molecule has 134 valence electrons. The van der Waals surface area contributed by atoms with Gasteiger partial charge in [0.2, 0.25) is 0 Å². The molecule has 1 aliphatic rings. The summed E-state index contributed by atoms with van der Waals surface area (Å²) in [6.07, 6.45) is -2.13. The fourth-order valence-electron chi connectivity index (χ4n) is 2.82. The number of nitrogens with one attached hydrogen (secondary N) is 1. The van der Waals surface area contributed by atoms with Gasteiger partial charge in [0.1, 0.15) is 0 Å². The van der Waals surface area contributed by atoms with Crippen molar-refractivity contribution in [3.8, 4) is 0 Å². The highest BCUT2D eigenvalue weighted by Crippen LogP contribution is 2.43. The van der Waals surface area contributed by atoms with E-state index in [1.54, 1.807) is 6.07 Å². The number of benzene rings is 1. The average molecular weight is 367 g/mol. The quantitative estimate of drug-likeness (QED) is 0.758. The maximum absolute atomic E-state index is 12.9. The minimum Gasteiger partial charge on any atom is -0.350 e. The Morgan fingerprint density at radius 1 is 1.20 bits per heavy atom. The molecule has 1 aromatic carbocycles. The van der Waals surface area contributed by atoms with Crippen LogP contribution >= 0.6 is 11.3 Å². The maximum atomic E-state index is 12.9. The van der Waals surface area contributed by atoms with Gasteiger partial charge in [0, 0.05) is 12.0 Å². The molecule has 3 rings (SSSR count). The molecule has 2 aromatic rings. The van der Waals surface area contributed by atoms with Crippen LogP contribution in [0.4, 0.5) is 13.2 Å². The molecular weight excluding hydrogens is 347 g/mol. The fourth-order valence-corrected chi connectivity index (χ4v) is 3.72. The monoisotopic (exact) mass is 367 g/mol. The number of hydrogen-bond donors (Lipinski definition) is 1. The van der Waals surface area contributed by atoms with Crippen LogP contribution in [0.25, 0.3) is 0 Å². The molecule has 0 saturated heterocycles. The van der Waals surface area contributed by atoms with Crippen molar-refractivity contribution in [3.63, 3.8) is 0 Å². The van der Waals surface area contributed by atoms with Gasteiger partial charge in [0.15, 0.2) is 0 Å². The summed E-state index contributed by atoms with van der Waals surface area (Å²) in [5.41, 5.74) is 0.378. The van der Waals surface area contributed by atoms with E-state index in [4.69, 9.17) is 0 Å². The second-order valence-electron chi connectivity index (χ2n) is 7.12. The van der Waals surface area contributed by atoms with Gasteiger partial charge < -0.3 is 5.32 Å². The summed E-state index contributed by atoms with van der Waals surface area (Å²) in [5, 5.41) is 4.81. The Balaban J connectivity index is 1.71. The minimum absolute atomic E-state index is 0.142. The lowest BCUT2D eigenvalue weighted by Crippen LogP contribution is -2.36. The molecule has 1 N–H and O–H groups in total. The molecule has 1 heterocycles. The second kappa shape index (κ2) is 6.48. The molecule has 0 radical (unpaired) electrons. The summed E-state index contributed by atoms with van der Waals surface area (Å²) in [6, 6.07) is 7.29. The first-order valence-electron chi connectivity index (χ1n) is 8.22. The van der Waals surface area contributed by atoms with E-state index in [1.165, 1.54) is 17.4 Å². The van der Waals surface area contributed by atoms with E-state index in [9.17, 15) is 18.0 Å². The van der Waals surface area contributed by atoms with Gasteiger partial charge in [-0.15, -0.1) is 11.3 Å². The van der Waals surface area contributed by atoms with E-state index in [1.807, 2.05) is 25.3 Å². The van der Waals surface area contributed by atoms with Crippen LogP contribution in [-0.2, 0) is 11.6 Å². The van der Waals surface area contributed by atoms with Crippen molar-refractivity contribution in [3.05, 3.63) is 57.3 Å². The van der Waals surface area contributed by atoms with Crippen molar-refractivity contribution in [1.82, 2.24) is 5.32 Å². The van der Waals surface area contributed by atoms with Gasteiger partial charge >= 0.3 is 6.18 Å². The number of hydrogen-bond acceptors (Lipinski definition) is 2. The first-order chi connectivity index (χ1) is 11.7. The Kier molecular flexibility index (Phi) is 4.66. The molecule has 1 aliphatic carbocycles. The highest BCUT2D eigenvalue weighted by molar-refractivity contribution is 7.12. The van der Waals surface area contributed by atoms with Crippen molar-refractivity contribution in [2.75, 3.05) is 6.54 Å². The summed E-state index contributed by atoms with van der Waals surface area (Å²) in [5.74, 6) is 0.348. The van der Waals surface area contributed by atoms with Crippen LogP contribution in [0.5, 0.6) is 0 Å². The molecule has 1 amide bonds. The third-order valence-corrected chi connectivity index (χ3v) is 5.51. The van der Waals surface area contributed by atoms with E-state index in [0.717, 1.165) is 35.4 Å². The molecule has 2 nitrogen and oxygen atoms in total. The van der Waals surface area contributed by atoms with Gasteiger partial charge in [-0.2, -0.15) is 13.2 Å². The van der Waals surface area contributed by atoms with Gasteiger partial charge in [0.25, 0.3) is 5.91 Å². The largest absolute Gasteiger partial charge is 0.416 e. The molecule has 1 aromatic heterocycles. The van der Waals surface area contributed by atoms with E-state index < -0.39 is 17.2 Å². The van der Waals surface area contributed by atoms with Gasteiger partial charge in [-0.3, -0.25) is 4.79 Å². The van der Waals surface area contributed by atoms with Crippen molar-refractivity contribution in [2.24, 2.45) is 0 Å². The third kappa shape index (κ3) is 4.06. The number of rotatable bonds is 5. The van der Waals surface area contributed by atoms with E-state index in [2.05, 4.69) is 5.32 Å². The van der Waals surface area contributed by atoms with E-state index >= 15 is 0 Å². The zero-order chi connectivity index (χ0) is 18.2. The normalized spacial score (nSPS) is 15.2. The standard InChI is InChI=1S/C19H20F3NOS/c1-18(2,13-4-3-5-14(10-13)19(20,21)22)11-23-17(24)16-15(8-9-25-16)12-6-7-12/h3-5,8-10,12H,6-7,11H2,1-2H3,(H,23,24). The molecule has 0 aliphatic heterocycles. The van der Waals surface area contributed by atoms with Gasteiger partial charge in [-0.05, 0) is 47.4 Å². The Hall–Kier alpha value is -1.82. The van der Waals surface area contributed by atoms with Gasteiger partial charge in [-0.1, -0.05) is 32.0 Å². The predicted octanol–water partition coefficient (Wildman–Crippen LogP) is 5.35. The lowest BCUT2D eigenvalue weighted by atomic mass is 9.83. The molecule has 6 heteroatoms. The number of thiophene rings is 1. The smallest absolute Gasteiger partial charge is 0.350 e. The topological polar surface area (TPSA) is 29.1 Å². The fraction of sp³-hybridized carbons (Fsp3) is 0.421. The van der Waals surface area contributed by atoms with Crippen LogP contribution in [0.2, 0.25) is 0 Å². The summed E-state index contributed by atoms with van der Waals surface area (Å²) >= 11 is 1.42. The lowest BCUT2D eigenvalue weighted by molar-refractivity contribution is -0.137. The number of amides is 1. The molecule has 25 heavy (non-hydrogen) atoms. The number of carbonyl (C=O) groups excluding carboxylic acids is 1. The zero-order valence-electron chi connectivity index (χ0n) is 14.1. The van der Waals surface area contributed by atoms with Crippen LogP contribution in [0.15, 0.2) is 35.7 Å². The number of alkyl halides is 3. The Bertz CT molecular complexity index is 775. The summed E-state index contributed by atoms with van der Waals surface area (Å²) < 4.78 is 38.7. The maximum Gasteiger partial charge on any atom is 0.416 e. The van der Waals surface area contributed by atoms with Gasteiger partial charge in [-0.25, -0.2) is 0 Å². The molecule has 0 spiro atoms. The van der Waals surface area contributed by atoms with Crippen molar-refractivity contribution < 1.29 is 18.0 Å². The summed E-state index contributed by atoms with van der Waals surface area (Å²) in [6.45, 7) is 3.94. The molecular formula is C19H20F3NOS. The first-order valence-corrected chi connectivity index (χ1v) is 9.10. The van der Waals surface area contributed by atoms with Gasteiger partial charge in [0.05, 0.1) is 10.4 Å². The van der Waals surface area contributed by atoms with Crippen molar-refractivity contribution in [1.29, 1.82) is 0 Å². The Labute approximate surface area is 149 Å². The minimum atomic E-state index is -4.37. The van der Waals surface area contributed by atoms with Crippen LogP contribution in [-0.4, -0.2) is 12.5 Å². The van der Waals surface area contributed by atoms with Crippen LogP contribution in [0, 0.1) is 0 Å². The molecule has 0 unspecified atom stereocenters. The van der Waals surface area contributed by atoms with E-state index in [0.29, 0.717) is 11.5 Å². The number of carbonyl (C=O) groups is 1. The van der Waals surface area contributed by atoms with Crippen LogP contribution < -0.4 is 5.32 Å². The van der Waals surface area contributed by atoms with Crippen molar-refractivity contribution >= 4 is 17.2 Å². The summed E-state index contributed by atoms with van der Waals surface area (Å²) in [4.78, 5) is 13.2. The van der Waals surface area contributed by atoms with Crippen molar-refractivity contribution in [2.45, 2.75) is 44.2 Å². The average Bonchev–Trinajstić information content (AvgIpc) is 3.29. The van der Waals surface area contributed by atoms with E-state index in [-0.39, 0.29) is 12.5 Å². The highest BCUT2D eigenvalue weighted by Gasteiger charge is 2.33. The molecule has 1 saturated carbocycles. The summed E-state index contributed by atoms with van der Waals surface area (Å²) in [7, 11) is 0. The lowest BCUT2D eigenvalue weighted by Gasteiger charge is -2.26. The Morgan fingerprint density at radius 2 is 1.88 bits per heavy atom. The Morgan fingerprint density at radius 3 is 2.52 bits per heavy atom. The van der Waals surface area contributed by atoms with Crippen LogP contribution in [0.1, 0.15) is 59.0 Å². The second-order valence-corrected chi connectivity index (χ2v) is 8.04. The predicted molar refractivity (Wildman–Crippen MR) is 93.1 cm³/mol. The first kappa shape index (κ1) is 18.0. The SMILES string of the molecule is CC(C)(CNC(=O)c1sccc1C1CC1)c1cccc(C(F)(F)F)c1.